The summed E-state index contributed by atoms with van der Waals surface area (Å²) < 4.78 is 35.7. The van der Waals surface area contributed by atoms with Crippen molar-refractivity contribution in [3.63, 3.8) is 0 Å². The van der Waals surface area contributed by atoms with Crippen LogP contribution in [-0.2, 0) is 6.42 Å². The second-order valence-corrected chi connectivity index (χ2v) is 3.19. The molecule has 1 heterocycles. The third-order valence-corrected chi connectivity index (χ3v) is 1.61. The monoisotopic (exact) mass is 259 g/mol. The van der Waals surface area contributed by atoms with Gasteiger partial charge in [-0.2, -0.15) is 13.2 Å². The van der Waals surface area contributed by atoms with Crippen LogP contribution in [0.15, 0.2) is 12.1 Å². The normalized spacial score (nSPS) is 10.6. The van der Waals surface area contributed by atoms with Crippen molar-refractivity contribution >= 4 is 23.2 Å². The fourth-order valence-corrected chi connectivity index (χ4v) is 1.35. The number of hydrogen-bond donors (Lipinski definition) is 0. The number of pyridine rings is 1. The van der Waals surface area contributed by atoms with Crippen molar-refractivity contribution in [2.45, 2.75) is 26.4 Å². The maximum absolute atomic E-state index is 11.9. The lowest BCUT2D eigenvalue weighted by Gasteiger charge is -2.06. The lowest BCUT2D eigenvalue weighted by Crippen LogP contribution is -2.11. The molecule has 0 unspecified atom stereocenters. The van der Waals surface area contributed by atoms with Crippen molar-refractivity contribution in [2.24, 2.45) is 0 Å². The average Bonchev–Trinajstić information content (AvgIpc) is 2.02. The molecule has 0 saturated heterocycles. The van der Waals surface area contributed by atoms with E-state index in [0.717, 1.165) is 12.1 Å². The number of aromatic nitrogens is 1. The van der Waals surface area contributed by atoms with Crippen LogP contribution in [0.4, 0.5) is 13.2 Å². The van der Waals surface area contributed by atoms with Gasteiger partial charge in [-0.3, -0.25) is 0 Å². The quantitative estimate of drug-likeness (QED) is 0.676. The number of nitrogens with zero attached hydrogens (tertiary/aromatic N) is 1. The number of rotatable bonds is 1. The summed E-state index contributed by atoms with van der Waals surface area (Å²) in [6.45, 7) is 4.00. The molecule has 0 N–H and O–H groups in total. The first-order valence-electron chi connectivity index (χ1n) is 4.25. The Morgan fingerprint density at radius 2 is 1.53 bits per heavy atom. The Bertz CT molecular complexity index is 292. The number of hydrogen-bond acceptors (Lipinski definition) is 1. The highest BCUT2D eigenvalue weighted by Crippen LogP contribution is 2.24. The molecule has 1 aromatic heterocycles. The van der Waals surface area contributed by atoms with Crippen LogP contribution in [0.3, 0.4) is 0 Å². The van der Waals surface area contributed by atoms with E-state index in [-0.39, 0.29) is 15.9 Å². The molecule has 1 aromatic rings. The van der Waals surface area contributed by atoms with Crippen molar-refractivity contribution in [1.29, 1.82) is 0 Å². The van der Waals surface area contributed by atoms with Gasteiger partial charge >= 0.3 is 6.18 Å². The second kappa shape index (κ2) is 6.18. The Morgan fingerprint density at radius 1 is 1.13 bits per heavy atom. The standard InChI is InChI=1S/C7H4Cl2F3N.C2H6/c8-5-1-4(2-6(9)13-5)3-7(10,11)12;1-2/h1-2H,3H2;1-2H3. The molecule has 0 spiro atoms. The minimum atomic E-state index is -4.26. The lowest BCUT2D eigenvalue weighted by atomic mass is 10.2. The topological polar surface area (TPSA) is 12.9 Å². The zero-order valence-electron chi connectivity index (χ0n) is 8.20. The van der Waals surface area contributed by atoms with E-state index in [1.807, 2.05) is 13.8 Å². The summed E-state index contributed by atoms with van der Waals surface area (Å²) in [6, 6.07) is 2.28. The van der Waals surface area contributed by atoms with Crippen LogP contribution in [0.2, 0.25) is 10.3 Å². The van der Waals surface area contributed by atoms with E-state index in [2.05, 4.69) is 4.98 Å². The van der Waals surface area contributed by atoms with E-state index < -0.39 is 12.6 Å². The van der Waals surface area contributed by atoms with Gasteiger partial charge < -0.3 is 0 Å². The Balaban J connectivity index is 0.000000921. The summed E-state index contributed by atoms with van der Waals surface area (Å²) in [5.74, 6) is 0. The highest BCUT2D eigenvalue weighted by molar-refractivity contribution is 6.32. The van der Waals surface area contributed by atoms with Crippen LogP contribution < -0.4 is 0 Å². The van der Waals surface area contributed by atoms with Gasteiger partial charge in [0.2, 0.25) is 0 Å². The average molecular weight is 260 g/mol. The van der Waals surface area contributed by atoms with Gasteiger partial charge in [-0.25, -0.2) is 4.98 Å². The van der Waals surface area contributed by atoms with Gasteiger partial charge in [0.25, 0.3) is 0 Å². The second-order valence-electron chi connectivity index (χ2n) is 2.41. The number of halogens is 5. The number of alkyl halides is 3. The molecule has 0 saturated carbocycles. The smallest absolute Gasteiger partial charge is 0.224 e. The van der Waals surface area contributed by atoms with E-state index in [9.17, 15) is 13.2 Å². The molecule has 0 aliphatic rings. The predicted molar refractivity (Wildman–Crippen MR) is 55.4 cm³/mol. The van der Waals surface area contributed by atoms with E-state index in [0.29, 0.717) is 0 Å². The van der Waals surface area contributed by atoms with Gasteiger partial charge in [-0.05, 0) is 17.7 Å². The largest absolute Gasteiger partial charge is 0.393 e. The minimum absolute atomic E-state index is 0.0116. The molecule has 0 amide bonds. The molecule has 0 aliphatic heterocycles. The molecule has 1 rings (SSSR count). The molecule has 0 atom stereocenters. The first-order valence-corrected chi connectivity index (χ1v) is 5.01. The Labute approximate surface area is 96.2 Å². The molecule has 1 nitrogen and oxygen atoms in total. The highest BCUT2D eigenvalue weighted by atomic mass is 35.5. The van der Waals surface area contributed by atoms with Crippen LogP contribution in [0.5, 0.6) is 0 Å². The molecule has 6 heteroatoms. The molecule has 0 bridgehead atoms. The zero-order valence-corrected chi connectivity index (χ0v) is 9.71. The van der Waals surface area contributed by atoms with Gasteiger partial charge in [0.05, 0.1) is 6.42 Å². The zero-order chi connectivity index (χ0) is 12.1. The van der Waals surface area contributed by atoms with Crippen molar-refractivity contribution in [2.75, 3.05) is 0 Å². The fourth-order valence-electron chi connectivity index (χ4n) is 0.848. The van der Waals surface area contributed by atoms with Gasteiger partial charge in [0, 0.05) is 0 Å². The van der Waals surface area contributed by atoms with Crippen molar-refractivity contribution in [1.82, 2.24) is 4.98 Å². The maximum atomic E-state index is 11.9. The van der Waals surface area contributed by atoms with Crippen LogP contribution in [0.25, 0.3) is 0 Å². The predicted octanol–water partition coefficient (Wildman–Crippen LogP) is 4.52. The van der Waals surface area contributed by atoms with Crippen molar-refractivity contribution in [3.05, 3.63) is 28.0 Å². The van der Waals surface area contributed by atoms with Crippen molar-refractivity contribution in [3.8, 4) is 0 Å². The molecule has 0 aliphatic carbocycles. The van der Waals surface area contributed by atoms with E-state index in [4.69, 9.17) is 23.2 Å². The molecule has 0 fully saturated rings. The first kappa shape index (κ1) is 14.5. The fraction of sp³-hybridized carbons (Fsp3) is 0.444. The summed E-state index contributed by atoms with van der Waals surface area (Å²) in [5, 5.41) is -0.0708. The summed E-state index contributed by atoms with van der Waals surface area (Å²) in [6.07, 6.45) is -5.30. The molecular weight excluding hydrogens is 250 g/mol. The van der Waals surface area contributed by atoms with Crippen LogP contribution in [-0.4, -0.2) is 11.2 Å². The van der Waals surface area contributed by atoms with Crippen LogP contribution in [0, 0.1) is 0 Å². The summed E-state index contributed by atoms with van der Waals surface area (Å²) in [5.41, 5.74) is 0.0116. The van der Waals surface area contributed by atoms with E-state index in [1.165, 1.54) is 0 Å². The van der Waals surface area contributed by atoms with Gasteiger partial charge in [-0.15, -0.1) is 0 Å². The van der Waals surface area contributed by atoms with Gasteiger partial charge in [0.15, 0.2) is 0 Å². The SMILES string of the molecule is CC.FC(F)(F)Cc1cc(Cl)nc(Cl)c1. The van der Waals surface area contributed by atoms with Crippen LogP contribution >= 0.6 is 23.2 Å². The summed E-state index contributed by atoms with van der Waals surface area (Å²) in [4.78, 5) is 3.53. The molecule has 15 heavy (non-hydrogen) atoms. The molecule has 0 radical (unpaired) electrons. The van der Waals surface area contributed by atoms with Gasteiger partial charge in [-0.1, -0.05) is 37.0 Å². The van der Waals surface area contributed by atoms with Gasteiger partial charge in [0.1, 0.15) is 10.3 Å². The Morgan fingerprint density at radius 3 is 1.87 bits per heavy atom. The summed E-state index contributed by atoms with van der Waals surface area (Å²) >= 11 is 10.8. The van der Waals surface area contributed by atoms with E-state index in [1.54, 1.807) is 0 Å². The summed E-state index contributed by atoms with van der Waals surface area (Å²) in [7, 11) is 0. The first-order chi connectivity index (χ1) is 6.87. The molecular formula is C9H10Cl2F3N. The highest BCUT2D eigenvalue weighted by Gasteiger charge is 2.27. The lowest BCUT2D eigenvalue weighted by molar-refractivity contribution is -0.127. The van der Waals surface area contributed by atoms with Crippen molar-refractivity contribution < 1.29 is 13.2 Å². The minimum Gasteiger partial charge on any atom is -0.224 e. The Hall–Kier alpha value is -0.480. The van der Waals surface area contributed by atoms with Crippen LogP contribution in [0.1, 0.15) is 19.4 Å². The molecule has 0 aromatic carbocycles. The Kier molecular flexibility index (Phi) is 5.98. The van der Waals surface area contributed by atoms with E-state index >= 15 is 0 Å². The third-order valence-electron chi connectivity index (χ3n) is 1.23. The molecule has 86 valence electrons. The third kappa shape index (κ3) is 6.57. The maximum Gasteiger partial charge on any atom is 0.393 e.